The molecule has 0 aliphatic rings. The van der Waals surface area contributed by atoms with Crippen molar-refractivity contribution in [3.05, 3.63) is 113 Å². The van der Waals surface area contributed by atoms with Gasteiger partial charge in [0, 0.05) is 10.9 Å². The zero-order chi connectivity index (χ0) is 15.2. The molecule has 1 heteroatoms. The molecule has 3 aromatic carbocycles. The van der Waals surface area contributed by atoms with E-state index in [1.54, 1.807) is 0 Å². The number of hydrogen-bond acceptors (Lipinski definition) is 0. The molecular weight excluding hydrogens is 288 g/mol. The molecule has 0 heterocycles. The predicted octanol–water partition coefficient (Wildman–Crippen LogP) is 6.19. The highest BCUT2D eigenvalue weighted by Crippen LogP contribution is 2.31. The third kappa shape index (κ3) is 3.47. The largest absolute Gasteiger partial charge is 0.0840 e. The van der Waals surface area contributed by atoms with Gasteiger partial charge in [0.05, 0.1) is 0 Å². The Bertz CT molecular complexity index is 745. The number of rotatable bonds is 4. The van der Waals surface area contributed by atoms with Gasteiger partial charge in [-0.1, -0.05) is 103 Å². The lowest BCUT2D eigenvalue weighted by Crippen LogP contribution is -1.98. The van der Waals surface area contributed by atoms with Gasteiger partial charge in [0.25, 0.3) is 0 Å². The summed E-state index contributed by atoms with van der Waals surface area (Å²) < 4.78 is 0. The van der Waals surface area contributed by atoms with Gasteiger partial charge in [-0.3, -0.25) is 0 Å². The third-order valence-corrected chi connectivity index (χ3v) is 4.02. The van der Waals surface area contributed by atoms with Crippen LogP contribution in [0.2, 0.25) is 5.02 Å². The van der Waals surface area contributed by atoms with Crippen LogP contribution in [-0.2, 0) is 0 Å². The van der Waals surface area contributed by atoms with Crippen molar-refractivity contribution in [1.29, 1.82) is 0 Å². The molecule has 0 saturated carbocycles. The van der Waals surface area contributed by atoms with E-state index in [0.29, 0.717) is 0 Å². The molecule has 1 unspecified atom stereocenters. The van der Waals surface area contributed by atoms with Crippen LogP contribution in [0.1, 0.15) is 22.6 Å². The Morgan fingerprint density at radius 3 is 1.95 bits per heavy atom. The number of allylic oxidation sites excluding steroid dienone is 1. The van der Waals surface area contributed by atoms with Crippen LogP contribution in [0.3, 0.4) is 0 Å². The first-order valence-electron chi connectivity index (χ1n) is 7.37. The molecule has 0 spiro atoms. The van der Waals surface area contributed by atoms with E-state index in [2.05, 4.69) is 54.6 Å². The molecule has 0 nitrogen and oxygen atoms in total. The summed E-state index contributed by atoms with van der Waals surface area (Å²) in [6.07, 6.45) is 4.37. The van der Waals surface area contributed by atoms with Gasteiger partial charge in [-0.2, -0.15) is 0 Å². The van der Waals surface area contributed by atoms with Gasteiger partial charge in [0.1, 0.15) is 0 Å². The van der Waals surface area contributed by atoms with Gasteiger partial charge in [-0.15, -0.1) is 0 Å². The minimum Gasteiger partial charge on any atom is -0.0840 e. The van der Waals surface area contributed by atoms with Crippen molar-refractivity contribution in [2.24, 2.45) is 0 Å². The van der Waals surface area contributed by atoms with E-state index in [0.717, 1.165) is 10.6 Å². The minimum absolute atomic E-state index is 0.148. The van der Waals surface area contributed by atoms with Crippen LogP contribution in [0, 0.1) is 0 Å². The Labute approximate surface area is 136 Å². The van der Waals surface area contributed by atoms with E-state index in [9.17, 15) is 0 Å². The Kier molecular flexibility index (Phi) is 4.72. The van der Waals surface area contributed by atoms with Crippen molar-refractivity contribution in [1.82, 2.24) is 0 Å². The molecule has 3 rings (SSSR count). The second kappa shape index (κ2) is 7.11. The van der Waals surface area contributed by atoms with Crippen LogP contribution in [0.15, 0.2) is 91.0 Å². The number of halogens is 1. The van der Waals surface area contributed by atoms with Gasteiger partial charge in [0.15, 0.2) is 0 Å². The Balaban J connectivity index is 2.01. The molecule has 3 aromatic rings. The topological polar surface area (TPSA) is 0 Å². The molecule has 0 saturated heterocycles. The van der Waals surface area contributed by atoms with Crippen molar-refractivity contribution in [3.8, 4) is 0 Å². The van der Waals surface area contributed by atoms with Crippen molar-refractivity contribution in [2.75, 3.05) is 0 Å². The zero-order valence-electron chi connectivity index (χ0n) is 12.2. The lowest BCUT2D eigenvalue weighted by atomic mass is 9.90. The van der Waals surface area contributed by atoms with Crippen molar-refractivity contribution in [2.45, 2.75) is 5.92 Å². The standard InChI is InChI=1S/C21H17Cl/c22-21-14-8-7-13-20(21)19(18-11-5-2-6-12-18)16-15-17-9-3-1-4-10-17/h1-16,19H/b16-15+. The molecule has 22 heavy (non-hydrogen) atoms. The van der Waals surface area contributed by atoms with Crippen LogP contribution in [0.25, 0.3) is 6.08 Å². The fraction of sp³-hybridized carbons (Fsp3) is 0.0476. The molecule has 1 atom stereocenters. The molecule has 0 aliphatic carbocycles. The van der Waals surface area contributed by atoms with Gasteiger partial charge < -0.3 is 0 Å². The molecule has 108 valence electrons. The summed E-state index contributed by atoms with van der Waals surface area (Å²) in [6, 6.07) is 28.8. The molecule has 0 aromatic heterocycles. The summed E-state index contributed by atoms with van der Waals surface area (Å²) >= 11 is 6.42. The summed E-state index contributed by atoms with van der Waals surface area (Å²) in [5.74, 6) is 0.148. The van der Waals surface area contributed by atoms with Crippen LogP contribution in [0.4, 0.5) is 0 Å². The van der Waals surface area contributed by atoms with E-state index in [1.165, 1.54) is 11.1 Å². The lowest BCUT2D eigenvalue weighted by Gasteiger charge is -2.15. The molecule has 0 radical (unpaired) electrons. The second-order valence-electron chi connectivity index (χ2n) is 5.18. The molecule has 0 bridgehead atoms. The average Bonchev–Trinajstić information content (AvgIpc) is 2.58. The van der Waals surface area contributed by atoms with Crippen LogP contribution in [0.5, 0.6) is 0 Å². The molecule has 0 N–H and O–H groups in total. The van der Waals surface area contributed by atoms with E-state index < -0.39 is 0 Å². The molecule has 0 aliphatic heterocycles. The first-order valence-corrected chi connectivity index (χ1v) is 7.75. The highest BCUT2D eigenvalue weighted by atomic mass is 35.5. The minimum atomic E-state index is 0.148. The van der Waals surface area contributed by atoms with Crippen LogP contribution >= 0.6 is 11.6 Å². The summed E-state index contributed by atoms with van der Waals surface area (Å²) in [7, 11) is 0. The highest BCUT2D eigenvalue weighted by Gasteiger charge is 2.13. The SMILES string of the molecule is Clc1ccccc1C(/C=C/c1ccccc1)c1ccccc1. The van der Waals surface area contributed by atoms with E-state index in [-0.39, 0.29) is 5.92 Å². The van der Waals surface area contributed by atoms with Gasteiger partial charge in [-0.25, -0.2) is 0 Å². The van der Waals surface area contributed by atoms with Crippen molar-refractivity contribution in [3.63, 3.8) is 0 Å². The smallest absolute Gasteiger partial charge is 0.0447 e. The quantitative estimate of drug-likeness (QED) is 0.539. The Morgan fingerprint density at radius 2 is 1.27 bits per heavy atom. The number of benzene rings is 3. The van der Waals surface area contributed by atoms with E-state index in [1.807, 2.05) is 42.5 Å². The van der Waals surface area contributed by atoms with Crippen LogP contribution < -0.4 is 0 Å². The first-order chi connectivity index (χ1) is 10.8. The Hall–Kier alpha value is -2.31. The maximum absolute atomic E-state index is 6.42. The fourth-order valence-corrected chi connectivity index (χ4v) is 2.81. The number of hydrogen-bond donors (Lipinski definition) is 0. The summed E-state index contributed by atoms with van der Waals surface area (Å²) in [6.45, 7) is 0. The summed E-state index contributed by atoms with van der Waals surface area (Å²) in [4.78, 5) is 0. The molecular formula is C21H17Cl. The van der Waals surface area contributed by atoms with Gasteiger partial charge >= 0.3 is 0 Å². The third-order valence-electron chi connectivity index (χ3n) is 3.68. The van der Waals surface area contributed by atoms with Gasteiger partial charge in [0.2, 0.25) is 0 Å². The highest BCUT2D eigenvalue weighted by molar-refractivity contribution is 6.31. The second-order valence-corrected chi connectivity index (χ2v) is 5.59. The average molecular weight is 305 g/mol. The normalized spacial score (nSPS) is 12.4. The maximum atomic E-state index is 6.42. The summed E-state index contributed by atoms with van der Waals surface area (Å²) in [5.41, 5.74) is 3.56. The van der Waals surface area contributed by atoms with Crippen molar-refractivity contribution >= 4 is 17.7 Å². The predicted molar refractivity (Wildman–Crippen MR) is 95.2 cm³/mol. The van der Waals surface area contributed by atoms with Crippen molar-refractivity contribution < 1.29 is 0 Å². The lowest BCUT2D eigenvalue weighted by molar-refractivity contribution is 1.03. The summed E-state index contributed by atoms with van der Waals surface area (Å²) in [5, 5.41) is 0.800. The monoisotopic (exact) mass is 304 g/mol. The first kappa shape index (κ1) is 14.6. The zero-order valence-corrected chi connectivity index (χ0v) is 12.9. The molecule has 0 amide bonds. The molecule has 0 fully saturated rings. The van der Waals surface area contributed by atoms with Gasteiger partial charge in [-0.05, 0) is 22.8 Å². The van der Waals surface area contributed by atoms with Crippen LogP contribution in [-0.4, -0.2) is 0 Å². The fourth-order valence-electron chi connectivity index (χ4n) is 2.55. The maximum Gasteiger partial charge on any atom is 0.0447 e. The van der Waals surface area contributed by atoms with E-state index in [4.69, 9.17) is 11.6 Å². The Morgan fingerprint density at radius 1 is 0.682 bits per heavy atom. The van der Waals surface area contributed by atoms with E-state index >= 15 is 0 Å².